The van der Waals surface area contributed by atoms with Gasteiger partial charge in [0.05, 0.1) is 15.1 Å². The van der Waals surface area contributed by atoms with Gasteiger partial charge in [-0.25, -0.2) is 4.98 Å². The first-order valence-electron chi connectivity index (χ1n) is 4.45. The maximum absolute atomic E-state index is 5.94. The van der Waals surface area contributed by atoms with Crippen molar-refractivity contribution in [1.82, 2.24) is 4.98 Å². The highest BCUT2D eigenvalue weighted by Crippen LogP contribution is 2.36. The molecule has 0 saturated carbocycles. The van der Waals surface area contributed by atoms with E-state index >= 15 is 0 Å². The Kier molecular flexibility index (Phi) is 3.24. The predicted octanol–water partition coefficient (Wildman–Crippen LogP) is 4.29. The van der Waals surface area contributed by atoms with Gasteiger partial charge in [0.25, 0.3) is 0 Å². The fraction of sp³-hybridized carbons (Fsp3) is 0. The van der Waals surface area contributed by atoms with Crippen LogP contribution in [0.4, 0.5) is 5.82 Å². The van der Waals surface area contributed by atoms with Crippen molar-refractivity contribution in [2.45, 2.75) is 0 Å². The third-order valence-electron chi connectivity index (χ3n) is 2.13. The minimum Gasteiger partial charge on any atom is -0.383 e. The Labute approximate surface area is 108 Å². The predicted molar refractivity (Wildman–Crippen MR) is 69.1 cm³/mol. The molecule has 0 fully saturated rings. The molecule has 0 saturated heterocycles. The van der Waals surface area contributed by atoms with Gasteiger partial charge in [0, 0.05) is 11.8 Å². The highest BCUT2D eigenvalue weighted by molar-refractivity contribution is 6.48. The Balaban J connectivity index is 2.62. The van der Waals surface area contributed by atoms with E-state index in [0.717, 1.165) is 11.1 Å². The van der Waals surface area contributed by atoms with Crippen molar-refractivity contribution in [2.24, 2.45) is 0 Å². The van der Waals surface area contributed by atoms with Gasteiger partial charge in [0.15, 0.2) is 0 Å². The summed E-state index contributed by atoms with van der Waals surface area (Å²) >= 11 is 17.8. The summed E-state index contributed by atoms with van der Waals surface area (Å²) in [6.45, 7) is 0. The second-order valence-corrected chi connectivity index (χ2v) is 4.38. The molecule has 1 aromatic carbocycles. The molecule has 16 heavy (non-hydrogen) atoms. The monoisotopic (exact) mass is 272 g/mol. The minimum absolute atomic E-state index is 0.342. The second kappa shape index (κ2) is 4.50. The standard InChI is InChI=1S/C11H7Cl3N2/c12-8-4-6(5-9(13)10(8)14)7-2-1-3-16-11(7)15/h1-5H,(H2,15,16). The molecule has 0 bridgehead atoms. The third kappa shape index (κ3) is 2.09. The van der Waals surface area contributed by atoms with Crippen LogP contribution in [0.5, 0.6) is 0 Å². The van der Waals surface area contributed by atoms with Crippen LogP contribution in [0.3, 0.4) is 0 Å². The van der Waals surface area contributed by atoms with Crippen molar-refractivity contribution in [3.05, 3.63) is 45.5 Å². The summed E-state index contributed by atoms with van der Waals surface area (Å²) in [5, 5.41) is 1.13. The second-order valence-electron chi connectivity index (χ2n) is 3.19. The zero-order chi connectivity index (χ0) is 11.7. The number of pyridine rings is 1. The number of aromatic nitrogens is 1. The fourth-order valence-corrected chi connectivity index (χ4v) is 1.97. The van der Waals surface area contributed by atoms with E-state index in [4.69, 9.17) is 40.5 Å². The lowest BCUT2D eigenvalue weighted by molar-refractivity contribution is 1.34. The summed E-state index contributed by atoms with van der Waals surface area (Å²) in [7, 11) is 0. The van der Waals surface area contributed by atoms with Crippen LogP contribution in [0, 0.1) is 0 Å². The summed E-state index contributed by atoms with van der Waals surface area (Å²) < 4.78 is 0. The highest BCUT2D eigenvalue weighted by Gasteiger charge is 2.09. The van der Waals surface area contributed by atoms with E-state index in [-0.39, 0.29) is 0 Å². The molecule has 0 aliphatic rings. The number of nitrogens with zero attached hydrogens (tertiary/aromatic N) is 1. The molecule has 2 aromatic rings. The molecule has 1 heterocycles. The average Bonchev–Trinajstić information content (AvgIpc) is 2.26. The van der Waals surface area contributed by atoms with Crippen LogP contribution < -0.4 is 5.73 Å². The maximum atomic E-state index is 5.94. The van der Waals surface area contributed by atoms with Crippen molar-refractivity contribution in [3.63, 3.8) is 0 Å². The topological polar surface area (TPSA) is 38.9 Å². The van der Waals surface area contributed by atoms with E-state index in [0.29, 0.717) is 20.9 Å². The molecule has 5 heteroatoms. The number of benzene rings is 1. The van der Waals surface area contributed by atoms with Crippen molar-refractivity contribution < 1.29 is 0 Å². The number of hydrogen-bond donors (Lipinski definition) is 1. The van der Waals surface area contributed by atoms with E-state index in [1.165, 1.54) is 0 Å². The molecule has 82 valence electrons. The van der Waals surface area contributed by atoms with Gasteiger partial charge in [0.1, 0.15) is 5.82 Å². The average molecular weight is 274 g/mol. The Hall–Kier alpha value is -0.960. The zero-order valence-electron chi connectivity index (χ0n) is 8.05. The molecule has 0 atom stereocenters. The molecule has 2 nitrogen and oxygen atoms in total. The maximum Gasteiger partial charge on any atom is 0.131 e. The van der Waals surface area contributed by atoms with Crippen molar-refractivity contribution in [2.75, 3.05) is 5.73 Å². The largest absolute Gasteiger partial charge is 0.383 e. The lowest BCUT2D eigenvalue weighted by Gasteiger charge is -2.07. The number of nitrogen functional groups attached to an aromatic ring is 1. The Morgan fingerprint density at radius 2 is 1.69 bits per heavy atom. The molecule has 0 unspecified atom stereocenters. The lowest BCUT2D eigenvalue weighted by Crippen LogP contribution is -1.93. The summed E-state index contributed by atoms with van der Waals surface area (Å²) in [6, 6.07) is 7.06. The molecule has 0 spiro atoms. The van der Waals surface area contributed by atoms with Crippen LogP contribution in [0.25, 0.3) is 11.1 Å². The van der Waals surface area contributed by atoms with E-state index in [2.05, 4.69) is 4.98 Å². The zero-order valence-corrected chi connectivity index (χ0v) is 10.3. The van der Waals surface area contributed by atoms with Gasteiger partial charge >= 0.3 is 0 Å². The summed E-state index contributed by atoms with van der Waals surface area (Å²) in [6.07, 6.45) is 1.62. The molecule has 2 rings (SSSR count). The van der Waals surface area contributed by atoms with Gasteiger partial charge in [-0.15, -0.1) is 0 Å². The van der Waals surface area contributed by atoms with Crippen LogP contribution in [0.1, 0.15) is 0 Å². The van der Waals surface area contributed by atoms with E-state index in [1.807, 2.05) is 6.07 Å². The molecule has 2 N–H and O–H groups in total. The van der Waals surface area contributed by atoms with Gasteiger partial charge in [-0.05, 0) is 29.8 Å². The molecular formula is C11H7Cl3N2. The van der Waals surface area contributed by atoms with Gasteiger partial charge in [-0.1, -0.05) is 34.8 Å². The highest BCUT2D eigenvalue weighted by atomic mass is 35.5. The molecular weight excluding hydrogens is 266 g/mol. The van der Waals surface area contributed by atoms with Crippen molar-refractivity contribution in [1.29, 1.82) is 0 Å². The Morgan fingerprint density at radius 1 is 1.06 bits per heavy atom. The van der Waals surface area contributed by atoms with E-state index in [1.54, 1.807) is 24.4 Å². The summed E-state index contributed by atoms with van der Waals surface area (Å²) in [5.41, 5.74) is 7.34. The molecule has 0 aliphatic heterocycles. The number of anilines is 1. The fourth-order valence-electron chi connectivity index (χ4n) is 1.37. The van der Waals surface area contributed by atoms with Gasteiger partial charge < -0.3 is 5.73 Å². The number of rotatable bonds is 1. The SMILES string of the molecule is Nc1ncccc1-c1cc(Cl)c(Cl)c(Cl)c1. The molecule has 0 radical (unpaired) electrons. The third-order valence-corrected chi connectivity index (χ3v) is 3.33. The molecule has 0 aliphatic carbocycles. The first-order valence-corrected chi connectivity index (χ1v) is 5.58. The number of hydrogen-bond acceptors (Lipinski definition) is 2. The van der Waals surface area contributed by atoms with Gasteiger partial charge in [0.2, 0.25) is 0 Å². The molecule has 1 aromatic heterocycles. The Bertz CT molecular complexity index is 517. The normalized spacial score (nSPS) is 10.4. The van der Waals surface area contributed by atoms with Crippen LogP contribution in [0.2, 0.25) is 15.1 Å². The van der Waals surface area contributed by atoms with Crippen molar-refractivity contribution >= 4 is 40.6 Å². The van der Waals surface area contributed by atoms with Crippen molar-refractivity contribution in [3.8, 4) is 11.1 Å². The van der Waals surface area contributed by atoms with Gasteiger partial charge in [-0.3, -0.25) is 0 Å². The summed E-state index contributed by atoms with van der Waals surface area (Å²) in [5.74, 6) is 0.428. The minimum atomic E-state index is 0.342. The number of halogens is 3. The number of nitrogens with two attached hydrogens (primary N) is 1. The van der Waals surface area contributed by atoms with Crippen LogP contribution in [-0.4, -0.2) is 4.98 Å². The summed E-state index contributed by atoms with van der Waals surface area (Å²) in [4.78, 5) is 4.00. The van der Waals surface area contributed by atoms with E-state index < -0.39 is 0 Å². The smallest absolute Gasteiger partial charge is 0.131 e. The van der Waals surface area contributed by atoms with Crippen LogP contribution >= 0.6 is 34.8 Å². The first-order chi connectivity index (χ1) is 7.59. The molecule has 0 amide bonds. The quantitative estimate of drug-likeness (QED) is 0.787. The van der Waals surface area contributed by atoms with Gasteiger partial charge in [-0.2, -0.15) is 0 Å². The van der Waals surface area contributed by atoms with Crippen LogP contribution in [-0.2, 0) is 0 Å². The van der Waals surface area contributed by atoms with Crippen LogP contribution in [0.15, 0.2) is 30.5 Å². The van der Waals surface area contributed by atoms with E-state index in [9.17, 15) is 0 Å². The Morgan fingerprint density at radius 3 is 2.25 bits per heavy atom. The lowest BCUT2D eigenvalue weighted by atomic mass is 10.1. The first kappa shape index (κ1) is 11.5.